The summed E-state index contributed by atoms with van der Waals surface area (Å²) in [5, 5.41) is 10.6. The number of anilines is 1. The third kappa shape index (κ3) is 2.73. The second-order valence-electron chi connectivity index (χ2n) is 6.22. The quantitative estimate of drug-likeness (QED) is 0.807. The second kappa shape index (κ2) is 6.36. The molecule has 0 unspecified atom stereocenters. The number of piperazine rings is 1. The summed E-state index contributed by atoms with van der Waals surface area (Å²) in [4.78, 5) is 22.3. The minimum absolute atomic E-state index is 0.0257. The Kier molecular flexibility index (Phi) is 4.26. The Hall–Kier alpha value is -2.81. The van der Waals surface area contributed by atoms with Crippen LogP contribution in [0.25, 0.3) is 10.9 Å². The highest BCUT2D eigenvalue weighted by Crippen LogP contribution is 2.28. The SMILES string of the molecule is Cc1c(C#N)c(N2CCN(C(=O)N(C)C)CC2)nc2ccccc12. The molecule has 1 saturated heterocycles. The summed E-state index contributed by atoms with van der Waals surface area (Å²) in [5.74, 6) is 0.727. The van der Waals surface area contributed by atoms with Gasteiger partial charge in [0.15, 0.2) is 0 Å². The van der Waals surface area contributed by atoms with E-state index in [2.05, 4.69) is 11.0 Å². The molecule has 2 amide bonds. The molecule has 3 rings (SSSR count). The number of aromatic nitrogens is 1. The molecule has 0 bridgehead atoms. The van der Waals surface area contributed by atoms with E-state index in [0.29, 0.717) is 31.7 Å². The van der Waals surface area contributed by atoms with Gasteiger partial charge in [0.05, 0.1) is 11.1 Å². The van der Waals surface area contributed by atoms with Crippen molar-refractivity contribution in [3.05, 3.63) is 35.4 Å². The number of fused-ring (bicyclic) bond motifs is 1. The number of hydrogen-bond donors (Lipinski definition) is 0. The Morgan fingerprint density at radius 3 is 2.50 bits per heavy atom. The fourth-order valence-corrected chi connectivity index (χ4v) is 3.12. The molecule has 24 heavy (non-hydrogen) atoms. The Bertz CT molecular complexity index is 816. The van der Waals surface area contributed by atoms with Crippen molar-refractivity contribution in [2.45, 2.75) is 6.92 Å². The maximum Gasteiger partial charge on any atom is 0.319 e. The van der Waals surface area contributed by atoms with Crippen LogP contribution in [0.3, 0.4) is 0 Å². The highest BCUT2D eigenvalue weighted by Gasteiger charge is 2.25. The average Bonchev–Trinajstić information content (AvgIpc) is 2.61. The molecule has 2 aromatic rings. The number of urea groups is 1. The standard InChI is InChI=1S/C18H21N5O/c1-13-14-6-4-5-7-16(14)20-17(15(13)12-19)22-8-10-23(11-9-22)18(24)21(2)3/h4-7H,8-11H2,1-3H3. The van der Waals surface area contributed by atoms with Crippen LogP contribution in [-0.2, 0) is 0 Å². The van der Waals surface area contributed by atoms with Crippen LogP contribution >= 0.6 is 0 Å². The molecular weight excluding hydrogens is 302 g/mol. The highest BCUT2D eigenvalue weighted by atomic mass is 16.2. The van der Waals surface area contributed by atoms with Gasteiger partial charge in [0, 0.05) is 45.7 Å². The number of pyridine rings is 1. The molecule has 0 N–H and O–H groups in total. The maximum atomic E-state index is 12.1. The zero-order chi connectivity index (χ0) is 17.3. The molecule has 0 radical (unpaired) electrons. The number of benzene rings is 1. The Balaban J connectivity index is 1.91. The van der Waals surface area contributed by atoms with Crippen LogP contribution in [0.2, 0.25) is 0 Å². The number of aryl methyl sites for hydroxylation is 1. The van der Waals surface area contributed by atoms with Crippen molar-refractivity contribution in [3.63, 3.8) is 0 Å². The summed E-state index contributed by atoms with van der Waals surface area (Å²) >= 11 is 0. The van der Waals surface area contributed by atoms with Crippen molar-refractivity contribution in [1.29, 1.82) is 5.26 Å². The zero-order valence-corrected chi connectivity index (χ0v) is 14.3. The molecule has 1 aromatic heterocycles. The molecule has 0 aliphatic carbocycles. The molecule has 1 aliphatic rings. The summed E-state index contributed by atoms with van der Waals surface area (Å²) < 4.78 is 0. The van der Waals surface area contributed by atoms with Crippen LogP contribution in [-0.4, -0.2) is 61.1 Å². The lowest BCUT2D eigenvalue weighted by Gasteiger charge is -2.37. The Morgan fingerprint density at radius 2 is 1.88 bits per heavy atom. The number of nitriles is 1. The fraction of sp³-hybridized carbons (Fsp3) is 0.389. The number of nitrogens with zero attached hydrogens (tertiary/aromatic N) is 5. The summed E-state index contributed by atoms with van der Waals surface area (Å²) in [6.45, 7) is 4.60. The Labute approximate surface area is 141 Å². The molecular formula is C18H21N5O. The topological polar surface area (TPSA) is 63.5 Å². The van der Waals surface area contributed by atoms with E-state index in [9.17, 15) is 10.1 Å². The molecule has 0 spiro atoms. The number of amides is 2. The van der Waals surface area contributed by atoms with Crippen molar-refractivity contribution in [2.24, 2.45) is 0 Å². The van der Waals surface area contributed by atoms with Crippen molar-refractivity contribution in [3.8, 4) is 6.07 Å². The molecule has 1 aromatic carbocycles. The number of carbonyl (C=O) groups is 1. The minimum atomic E-state index is 0.0257. The first kappa shape index (κ1) is 16.1. The van der Waals surface area contributed by atoms with Crippen LogP contribution in [0.15, 0.2) is 24.3 Å². The summed E-state index contributed by atoms with van der Waals surface area (Å²) in [7, 11) is 3.52. The molecule has 2 heterocycles. The van der Waals surface area contributed by atoms with Gasteiger partial charge in [-0.2, -0.15) is 5.26 Å². The number of para-hydroxylation sites is 1. The van der Waals surface area contributed by atoms with Crippen molar-refractivity contribution in [1.82, 2.24) is 14.8 Å². The molecule has 124 valence electrons. The van der Waals surface area contributed by atoms with Gasteiger partial charge >= 0.3 is 6.03 Å². The molecule has 0 saturated carbocycles. The maximum absolute atomic E-state index is 12.1. The number of carbonyl (C=O) groups excluding carboxylic acids is 1. The van der Waals surface area contributed by atoms with Gasteiger partial charge in [-0.15, -0.1) is 0 Å². The normalized spacial score (nSPS) is 14.6. The lowest BCUT2D eigenvalue weighted by Crippen LogP contribution is -2.51. The zero-order valence-electron chi connectivity index (χ0n) is 14.3. The van der Waals surface area contributed by atoms with Crippen LogP contribution in [0.5, 0.6) is 0 Å². The molecule has 0 atom stereocenters. The van der Waals surface area contributed by atoms with Gasteiger partial charge in [-0.3, -0.25) is 0 Å². The van der Waals surface area contributed by atoms with E-state index < -0.39 is 0 Å². The van der Waals surface area contributed by atoms with Gasteiger partial charge in [-0.05, 0) is 18.6 Å². The predicted octanol–water partition coefficient (Wildman–Crippen LogP) is 2.22. The van der Waals surface area contributed by atoms with Gasteiger partial charge in [-0.25, -0.2) is 9.78 Å². The van der Waals surface area contributed by atoms with Crippen LogP contribution in [0.4, 0.5) is 10.6 Å². The van der Waals surface area contributed by atoms with E-state index in [0.717, 1.165) is 22.3 Å². The predicted molar refractivity (Wildman–Crippen MR) is 94.1 cm³/mol. The van der Waals surface area contributed by atoms with Gasteiger partial charge in [0.25, 0.3) is 0 Å². The monoisotopic (exact) mass is 323 g/mol. The van der Waals surface area contributed by atoms with Crippen LogP contribution in [0, 0.1) is 18.3 Å². The molecule has 1 fully saturated rings. The van der Waals surface area contributed by atoms with E-state index in [1.807, 2.05) is 36.1 Å². The van der Waals surface area contributed by atoms with Gasteiger partial charge in [-0.1, -0.05) is 18.2 Å². The first-order chi connectivity index (χ1) is 11.5. The smallest absolute Gasteiger partial charge is 0.319 e. The third-order valence-electron chi connectivity index (χ3n) is 4.48. The van der Waals surface area contributed by atoms with Crippen LogP contribution in [0.1, 0.15) is 11.1 Å². The minimum Gasteiger partial charge on any atom is -0.352 e. The van der Waals surface area contributed by atoms with Gasteiger partial charge in [0.2, 0.25) is 0 Å². The first-order valence-corrected chi connectivity index (χ1v) is 8.03. The largest absolute Gasteiger partial charge is 0.352 e. The van der Waals surface area contributed by atoms with Crippen molar-refractivity contribution >= 4 is 22.8 Å². The number of hydrogen-bond acceptors (Lipinski definition) is 4. The van der Waals surface area contributed by atoms with Crippen molar-refractivity contribution in [2.75, 3.05) is 45.2 Å². The molecule has 6 heteroatoms. The average molecular weight is 323 g/mol. The fourth-order valence-electron chi connectivity index (χ4n) is 3.12. The van der Waals surface area contributed by atoms with E-state index in [1.165, 1.54) is 0 Å². The van der Waals surface area contributed by atoms with Crippen LogP contribution < -0.4 is 4.90 Å². The lowest BCUT2D eigenvalue weighted by molar-refractivity contribution is 0.168. The van der Waals surface area contributed by atoms with E-state index >= 15 is 0 Å². The Morgan fingerprint density at radius 1 is 1.21 bits per heavy atom. The summed E-state index contributed by atoms with van der Waals surface area (Å²) in [5.41, 5.74) is 2.49. The van der Waals surface area contributed by atoms with Gasteiger partial charge < -0.3 is 14.7 Å². The molecule has 1 aliphatic heterocycles. The summed E-state index contributed by atoms with van der Waals surface area (Å²) in [6, 6.07) is 10.2. The lowest BCUT2D eigenvalue weighted by atomic mass is 10.0. The third-order valence-corrected chi connectivity index (χ3v) is 4.48. The van der Waals surface area contributed by atoms with E-state index in [1.54, 1.807) is 19.0 Å². The van der Waals surface area contributed by atoms with Gasteiger partial charge in [0.1, 0.15) is 11.9 Å². The highest BCUT2D eigenvalue weighted by molar-refractivity contribution is 5.87. The number of rotatable bonds is 1. The first-order valence-electron chi connectivity index (χ1n) is 8.03. The summed E-state index contributed by atoms with van der Waals surface area (Å²) in [6.07, 6.45) is 0. The van der Waals surface area contributed by atoms with Crippen molar-refractivity contribution < 1.29 is 4.79 Å². The second-order valence-corrected chi connectivity index (χ2v) is 6.22. The van der Waals surface area contributed by atoms with E-state index in [4.69, 9.17) is 4.98 Å². The molecule has 6 nitrogen and oxygen atoms in total. The van der Waals surface area contributed by atoms with E-state index in [-0.39, 0.29) is 6.03 Å².